The van der Waals surface area contributed by atoms with Gasteiger partial charge in [0.25, 0.3) is 0 Å². The van der Waals surface area contributed by atoms with E-state index in [9.17, 15) is 0 Å². The second kappa shape index (κ2) is 8.69. The summed E-state index contributed by atoms with van der Waals surface area (Å²) in [4.78, 5) is 0. The number of alkyl halides is 2. The summed E-state index contributed by atoms with van der Waals surface area (Å²) in [6, 6.07) is 18.0. The molecule has 0 spiro atoms. The molecule has 0 fully saturated rings. The molecule has 0 heterocycles. The SMILES string of the molecule is CNC.ClC(Cl)(Oc1ccccc1)Oc1ccccc1. The van der Waals surface area contributed by atoms with Gasteiger partial charge in [0.2, 0.25) is 0 Å². The number of benzene rings is 2. The van der Waals surface area contributed by atoms with Crippen LogP contribution in [0.4, 0.5) is 0 Å². The van der Waals surface area contributed by atoms with Crippen molar-refractivity contribution in [2.45, 2.75) is 4.71 Å². The highest BCUT2D eigenvalue weighted by atomic mass is 35.5. The molecule has 0 bridgehead atoms. The Labute approximate surface area is 129 Å². The van der Waals surface area contributed by atoms with Gasteiger partial charge in [-0.25, -0.2) is 0 Å². The van der Waals surface area contributed by atoms with Crippen molar-refractivity contribution in [3.63, 3.8) is 0 Å². The Hall–Kier alpha value is -1.42. The molecule has 20 heavy (non-hydrogen) atoms. The van der Waals surface area contributed by atoms with Gasteiger partial charge in [-0.05, 0) is 61.6 Å². The third kappa shape index (κ3) is 6.66. The number of nitrogens with one attached hydrogen (secondary N) is 1. The first kappa shape index (κ1) is 16.6. The number of halogens is 2. The maximum absolute atomic E-state index is 5.93. The minimum Gasteiger partial charge on any atom is -0.427 e. The molecule has 2 aromatic carbocycles. The van der Waals surface area contributed by atoms with Gasteiger partial charge in [0.1, 0.15) is 11.5 Å². The summed E-state index contributed by atoms with van der Waals surface area (Å²) in [5.41, 5.74) is 0. The van der Waals surface area contributed by atoms with Crippen molar-refractivity contribution in [3.05, 3.63) is 60.7 Å². The Morgan fingerprint density at radius 1 is 0.750 bits per heavy atom. The predicted molar refractivity (Wildman–Crippen MR) is 83.6 cm³/mol. The highest BCUT2D eigenvalue weighted by Gasteiger charge is 2.29. The van der Waals surface area contributed by atoms with Crippen LogP contribution < -0.4 is 14.8 Å². The van der Waals surface area contributed by atoms with Crippen LogP contribution in [0.5, 0.6) is 11.5 Å². The lowest BCUT2D eigenvalue weighted by molar-refractivity contribution is 0.0371. The summed E-state index contributed by atoms with van der Waals surface area (Å²) < 4.78 is 8.88. The van der Waals surface area contributed by atoms with Gasteiger partial charge in [-0.3, -0.25) is 0 Å². The van der Waals surface area contributed by atoms with E-state index < -0.39 is 4.71 Å². The quantitative estimate of drug-likeness (QED) is 0.682. The molecule has 3 nitrogen and oxygen atoms in total. The average molecular weight is 314 g/mol. The zero-order chi connectivity index (χ0) is 14.8. The Morgan fingerprint density at radius 2 is 1.05 bits per heavy atom. The van der Waals surface area contributed by atoms with Gasteiger partial charge in [-0.15, -0.1) is 0 Å². The topological polar surface area (TPSA) is 30.5 Å². The summed E-state index contributed by atoms with van der Waals surface area (Å²) >= 11 is 11.9. The Morgan fingerprint density at radius 3 is 1.35 bits per heavy atom. The molecule has 2 rings (SSSR count). The van der Waals surface area contributed by atoms with E-state index in [1.165, 1.54) is 0 Å². The van der Waals surface area contributed by atoms with Gasteiger partial charge < -0.3 is 14.8 Å². The van der Waals surface area contributed by atoms with E-state index >= 15 is 0 Å². The minimum atomic E-state index is -1.75. The second-order valence-corrected chi connectivity index (χ2v) is 4.98. The molecule has 0 aliphatic carbocycles. The van der Waals surface area contributed by atoms with Crippen LogP contribution >= 0.6 is 23.2 Å². The number of hydrogen-bond acceptors (Lipinski definition) is 3. The van der Waals surface area contributed by atoms with E-state index in [2.05, 4.69) is 5.32 Å². The van der Waals surface area contributed by atoms with E-state index in [-0.39, 0.29) is 0 Å². The maximum Gasteiger partial charge on any atom is 0.419 e. The van der Waals surface area contributed by atoms with Crippen molar-refractivity contribution >= 4 is 23.2 Å². The Kier molecular flexibility index (Phi) is 7.23. The van der Waals surface area contributed by atoms with Crippen LogP contribution in [0.1, 0.15) is 0 Å². The van der Waals surface area contributed by atoms with Crippen molar-refractivity contribution in [2.75, 3.05) is 14.1 Å². The lowest BCUT2D eigenvalue weighted by atomic mass is 10.3. The molecule has 0 atom stereocenters. The van der Waals surface area contributed by atoms with Crippen molar-refractivity contribution < 1.29 is 9.47 Å². The fourth-order valence-electron chi connectivity index (χ4n) is 1.27. The van der Waals surface area contributed by atoms with Gasteiger partial charge in [0, 0.05) is 0 Å². The van der Waals surface area contributed by atoms with E-state index in [4.69, 9.17) is 32.7 Å². The summed E-state index contributed by atoms with van der Waals surface area (Å²) in [5, 5.41) is 2.75. The third-order valence-electron chi connectivity index (χ3n) is 1.96. The fraction of sp³-hybridized carbons (Fsp3) is 0.200. The maximum atomic E-state index is 5.93. The van der Waals surface area contributed by atoms with Crippen molar-refractivity contribution in [2.24, 2.45) is 0 Å². The van der Waals surface area contributed by atoms with Gasteiger partial charge in [-0.1, -0.05) is 36.4 Å². The molecule has 5 heteroatoms. The predicted octanol–water partition coefficient (Wildman–Crippen LogP) is 4.07. The number of ether oxygens (including phenoxy) is 2. The first-order valence-electron chi connectivity index (χ1n) is 6.02. The Bertz CT molecular complexity index is 434. The van der Waals surface area contributed by atoms with E-state index in [0.717, 1.165) is 0 Å². The second-order valence-electron chi connectivity index (χ2n) is 3.79. The molecule has 0 unspecified atom stereocenters. The van der Waals surface area contributed by atoms with Gasteiger partial charge in [0.05, 0.1) is 0 Å². The highest BCUT2D eigenvalue weighted by Crippen LogP contribution is 2.29. The van der Waals surface area contributed by atoms with Crippen LogP contribution in [0.15, 0.2) is 60.7 Å². The molecule has 108 valence electrons. The molecule has 1 N–H and O–H groups in total. The third-order valence-corrected chi connectivity index (χ3v) is 2.27. The number of rotatable bonds is 4. The van der Waals surface area contributed by atoms with Gasteiger partial charge in [-0.2, -0.15) is 0 Å². The first-order chi connectivity index (χ1) is 9.57. The van der Waals surface area contributed by atoms with E-state index in [1.54, 1.807) is 24.3 Å². The number of hydrogen-bond donors (Lipinski definition) is 1. The standard InChI is InChI=1S/C13H10Cl2O2.C2H7N/c14-13(15,16-11-7-3-1-4-8-11)17-12-9-5-2-6-10-12;1-3-2/h1-10H;3H,1-2H3. The van der Waals surface area contributed by atoms with E-state index in [0.29, 0.717) is 11.5 Å². The molecule has 0 amide bonds. The van der Waals surface area contributed by atoms with Crippen LogP contribution in [0.25, 0.3) is 0 Å². The zero-order valence-electron chi connectivity index (χ0n) is 11.3. The monoisotopic (exact) mass is 313 g/mol. The molecule has 0 saturated carbocycles. The molecule has 0 aliphatic rings. The normalized spacial score (nSPS) is 10.2. The molecule has 0 radical (unpaired) electrons. The summed E-state index contributed by atoms with van der Waals surface area (Å²) in [5.74, 6) is 1.07. The highest BCUT2D eigenvalue weighted by molar-refractivity contribution is 6.46. The molecule has 2 aromatic rings. The summed E-state index contributed by atoms with van der Waals surface area (Å²) in [7, 11) is 3.75. The average Bonchev–Trinajstić information content (AvgIpc) is 2.40. The van der Waals surface area contributed by atoms with Crippen LogP contribution in [-0.2, 0) is 0 Å². The van der Waals surface area contributed by atoms with Crippen LogP contribution in [0.3, 0.4) is 0 Å². The molecule has 0 aliphatic heterocycles. The smallest absolute Gasteiger partial charge is 0.419 e. The first-order valence-corrected chi connectivity index (χ1v) is 6.77. The number of para-hydroxylation sites is 2. The Balaban J connectivity index is 0.000000612. The molecular weight excluding hydrogens is 297 g/mol. The van der Waals surface area contributed by atoms with Gasteiger partial charge in [0.15, 0.2) is 0 Å². The molecule has 0 aromatic heterocycles. The van der Waals surface area contributed by atoms with Crippen molar-refractivity contribution in [1.82, 2.24) is 5.32 Å². The van der Waals surface area contributed by atoms with Crippen LogP contribution in [-0.4, -0.2) is 18.8 Å². The molecular formula is C15H17Cl2NO2. The zero-order valence-corrected chi connectivity index (χ0v) is 12.9. The minimum absolute atomic E-state index is 0.536. The lowest BCUT2D eigenvalue weighted by Crippen LogP contribution is -2.29. The fourth-order valence-corrected chi connectivity index (χ4v) is 1.63. The largest absolute Gasteiger partial charge is 0.427 e. The molecule has 0 saturated heterocycles. The van der Waals surface area contributed by atoms with E-state index in [1.807, 2.05) is 50.5 Å². The summed E-state index contributed by atoms with van der Waals surface area (Å²) in [6.45, 7) is 0. The van der Waals surface area contributed by atoms with Crippen molar-refractivity contribution in [1.29, 1.82) is 0 Å². The summed E-state index contributed by atoms with van der Waals surface area (Å²) in [6.07, 6.45) is 0. The van der Waals surface area contributed by atoms with Gasteiger partial charge >= 0.3 is 4.71 Å². The van der Waals surface area contributed by atoms with Crippen LogP contribution in [0.2, 0.25) is 0 Å². The lowest BCUT2D eigenvalue weighted by Gasteiger charge is -2.21. The van der Waals surface area contributed by atoms with Crippen LogP contribution in [0, 0.1) is 0 Å². The van der Waals surface area contributed by atoms with Crippen molar-refractivity contribution in [3.8, 4) is 11.5 Å².